The predicted molar refractivity (Wildman–Crippen MR) is 313 cm³/mol. The van der Waals surface area contributed by atoms with Crippen LogP contribution in [0, 0.1) is 0 Å². The van der Waals surface area contributed by atoms with Crippen LogP contribution in [0.4, 0.5) is 0 Å². The van der Waals surface area contributed by atoms with Crippen LogP contribution in [0.5, 0.6) is 0 Å². The van der Waals surface area contributed by atoms with Crippen molar-refractivity contribution in [2.75, 3.05) is 6.61 Å². The van der Waals surface area contributed by atoms with Crippen LogP contribution < -0.4 is 5.32 Å². The lowest BCUT2D eigenvalue weighted by molar-refractivity contribution is -0.123. The molecule has 0 saturated carbocycles. The second-order valence-corrected chi connectivity index (χ2v) is 20.7. The Balaban J connectivity index is 3.52. The molecule has 406 valence electrons. The number of carbonyl (C=O) groups is 1. The van der Waals surface area contributed by atoms with Crippen molar-refractivity contribution in [3.63, 3.8) is 0 Å². The molecule has 3 N–H and O–H groups in total. The highest BCUT2D eigenvalue weighted by molar-refractivity contribution is 5.76. The first kappa shape index (κ1) is 67.6. The van der Waals surface area contributed by atoms with Crippen molar-refractivity contribution in [1.29, 1.82) is 0 Å². The monoisotopic (exact) mass is 974 g/mol. The molecule has 0 aliphatic carbocycles. The van der Waals surface area contributed by atoms with E-state index in [-0.39, 0.29) is 12.5 Å². The zero-order chi connectivity index (χ0) is 50.6. The van der Waals surface area contributed by atoms with Crippen molar-refractivity contribution in [2.24, 2.45) is 0 Å². The van der Waals surface area contributed by atoms with Crippen LogP contribution in [0.15, 0.2) is 85.1 Å². The largest absolute Gasteiger partial charge is 0.394 e. The van der Waals surface area contributed by atoms with Gasteiger partial charge in [-0.2, -0.15) is 0 Å². The van der Waals surface area contributed by atoms with Crippen molar-refractivity contribution in [3.8, 4) is 0 Å². The lowest BCUT2D eigenvalue weighted by atomic mass is 10.0. The average molecular weight is 975 g/mol. The summed E-state index contributed by atoms with van der Waals surface area (Å²) < 4.78 is 0. The van der Waals surface area contributed by atoms with Gasteiger partial charge in [0.1, 0.15) is 0 Å². The molecule has 0 saturated heterocycles. The number of aliphatic hydroxyl groups excluding tert-OH is 2. The van der Waals surface area contributed by atoms with Crippen molar-refractivity contribution in [3.05, 3.63) is 85.1 Å². The molecular formula is C66H119NO3. The van der Waals surface area contributed by atoms with E-state index in [9.17, 15) is 15.0 Å². The zero-order valence-corrected chi connectivity index (χ0v) is 46.8. The molecule has 0 spiro atoms. The second kappa shape index (κ2) is 60.9. The van der Waals surface area contributed by atoms with Crippen LogP contribution in [0.3, 0.4) is 0 Å². The van der Waals surface area contributed by atoms with E-state index < -0.39 is 12.1 Å². The molecule has 0 heterocycles. The van der Waals surface area contributed by atoms with E-state index in [1.807, 2.05) is 6.08 Å². The summed E-state index contributed by atoms with van der Waals surface area (Å²) in [6.07, 6.45) is 89.2. The maximum absolute atomic E-state index is 12.5. The van der Waals surface area contributed by atoms with Gasteiger partial charge in [0, 0.05) is 6.42 Å². The molecular weight excluding hydrogens is 855 g/mol. The molecule has 4 heteroatoms. The minimum Gasteiger partial charge on any atom is -0.394 e. The van der Waals surface area contributed by atoms with Crippen LogP contribution in [0.1, 0.15) is 309 Å². The van der Waals surface area contributed by atoms with Gasteiger partial charge in [-0.3, -0.25) is 4.79 Å². The first-order chi connectivity index (χ1) is 34.7. The highest BCUT2D eigenvalue weighted by Crippen LogP contribution is 2.17. The number of hydrogen-bond donors (Lipinski definition) is 3. The predicted octanol–water partition coefficient (Wildman–Crippen LogP) is 20.7. The summed E-state index contributed by atoms with van der Waals surface area (Å²) in [5.41, 5.74) is 0. The number of nitrogens with one attached hydrogen (secondary N) is 1. The number of aliphatic hydroxyl groups is 2. The zero-order valence-electron chi connectivity index (χ0n) is 46.8. The summed E-state index contributed by atoms with van der Waals surface area (Å²) in [6, 6.07) is -0.649. The molecule has 1 amide bonds. The molecule has 0 aromatic rings. The van der Waals surface area contributed by atoms with Crippen LogP contribution in [0.2, 0.25) is 0 Å². The van der Waals surface area contributed by atoms with Gasteiger partial charge in [0.05, 0.1) is 18.8 Å². The standard InChI is InChI=1S/C66H119NO3/c1-3-5-7-9-11-13-15-17-19-21-23-25-27-29-30-31-32-33-34-35-36-38-40-42-44-46-48-50-52-54-56-58-60-62-66(70)67-64(63-68)65(69)61-59-57-55-53-51-49-47-45-43-41-39-37-28-26-24-22-20-18-16-14-12-10-8-6-4-2/h5,7,11,13,17,19,23,25,43,45,51,53,59,61,64-65,68-69H,3-4,6,8-10,12,14-16,18,20-22,24,26-42,44,46-50,52,54-58,60,62-63H2,1-2H3,(H,67,70)/b7-5-,13-11-,19-17-,25-23-,45-43+,53-51+,61-59+. The Kier molecular flexibility index (Phi) is 58.8. The van der Waals surface area contributed by atoms with Gasteiger partial charge in [-0.15, -0.1) is 0 Å². The topological polar surface area (TPSA) is 69.6 Å². The minimum atomic E-state index is -0.874. The quantitative estimate of drug-likeness (QED) is 0.0420. The smallest absolute Gasteiger partial charge is 0.220 e. The summed E-state index contributed by atoms with van der Waals surface area (Å²) in [5, 5.41) is 23.2. The normalized spacial score (nSPS) is 13.4. The Morgan fingerprint density at radius 3 is 1.00 bits per heavy atom. The molecule has 2 unspecified atom stereocenters. The van der Waals surface area contributed by atoms with Crippen molar-refractivity contribution in [1.82, 2.24) is 5.32 Å². The number of unbranched alkanes of at least 4 members (excludes halogenated alkanes) is 37. The van der Waals surface area contributed by atoms with Gasteiger partial charge < -0.3 is 15.5 Å². The molecule has 0 radical (unpaired) electrons. The van der Waals surface area contributed by atoms with E-state index in [4.69, 9.17) is 0 Å². The molecule has 0 rings (SSSR count). The lowest BCUT2D eigenvalue weighted by Crippen LogP contribution is -2.45. The number of hydrogen-bond acceptors (Lipinski definition) is 3. The van der Waals surface area contributed by atoms with Gasteiger partial charge in [0.2, 0.25) is 5.91 Å². The number of amides is 1. The average Bonchev–Trinajstić information content (AvgIpc) is 3.36. The van der Waals surface area contributed by atoms with E-state index in [2.05, 4.69) is 92.1 Å². The minimum absolute atomic E-state index is 0.0753. The number of allylic oxidation sites excluding steroid dienone is 13. The molecule has 0 fully saturated rings. The fraction of sp³-hybridized carbons (Fsp3) is 0.773. The fourth-order valence-corrected chi connectivity index (χ4v) is 9.20. The summed E-state index contributed by atoms with van der Waals surface area (Å²) in [5.74, 6) is -0.0753. The Labute approximate surface area is 437 Å². The van der Waals surface area contributed by atoms with Gasteiger partial charge in [0.25, 0.3) is 0 Å². The van der Waals surface area contributed by atoms with E-state index in [0.29, 0.717) is 6.42 Å². The maximum Gasteiger partial charge on any atom is 0.220 e. The van der Waals surface area contributed by atoms with Crippen LogP contribution in [0.25, 0.3) is 0 Å². The molecule has 0 bridgehead atoms. The molecule has 0 aliphatic rings. The van der Waals surface area contributed by atoms with Crippen molar-refractivity contribution < 1.29 is 15.0 Å². The molecule has 0 aliphatic heterocycles. The van der Waals surface area contributed by atoms with E-state index in [1.165, 1.54) is 225 Å². The van der Waals surface area contributed by atoms with Crippen LogP contribution in [-0.2, 0) is 4.79 Å². The third-order valence-electron chi connectivity index (χ3n) is 13.8. The van der Waals surface area contributed by atoms with Gasteiger partial charge >= 0.3 is 0 Å². The van der Waals surface area contributed by atoms with Gasteiger partial charge in [-0.05, 0) is 83.5 Å². The number of rotatable bonds is 56. The molecule has 4 nitrogen and oxygen atoms in total. The molecule has 0 aromatic heterocycles. The van der Waals surface area contributed by atoms with Gasteiger partial charge in [0.15, 0.2) is 0 Å². The van der Waals surface area contributed by atoms with E-state index in [0.717, 1.165) is 64.2 Å². The fourth-order valence-electron chi connectivity index (χ4n) is 9.20. The third kappa shape index (κ3) is 56.5. The van der Waals surface area contributed by atoms with Gasteiger partial charge in [-0.25, -0.2) is 0 Å². The van der Waals surface area contributed by atoms with Crippen molar-refractivity contribution in [2.45, 2.75) is 321 Å². The van der Waals surface area contributed by atoms with E-state index in [1.54, 1.807) is 6.08 Å². The Morgan fingerprint density at radius 2 is 0.643 bits per heavy atom. The summed E-state index contributed by atoms with van der Waals surface area (Å²) >= 11 is 0. The summed E-state index contributed by atoms with van der Waals surface area (Å²) in [6.45, 7) is 4.20. The Morgan fingerprint density at radius 1 is 0.357 bits per heavy atom. The van der Waals surface area contributed by atoms with Gasteiger partial charge in [-0.1, -0.05) is 304 Å². The van der Waals surface area contributed by atoms with Crippen molar-refractivity contribution >= 4 is 5.91 Å². The van der Waals surface area contributed by atoms with E-state index >= 15 is 0 Å². The second-order valence-electron chi connectivity index (χ2n) is 20.7. The summed E-state index contributed by atoms with van der Waals surface area (Å²) in [7, 11) is 0. The third-order valence-corrected chi connectivity index (χ3v) is 13.8. The number of carbonyl (C=O) groups excluding carboxylic acids is 1. The first-order valence-corrected chi connectivity index (χ1v) is 30.8. The highest BCUT2D eigenvalue weighted by Gasteiger charge is 2.18. The van der Waals surface area contributed by atoms with Crippen LogP contribution >= 0.6 is 0 Å². The Bertz CT molecular complexity index is 1240. The SMILES string of the molecule is CC/C=C\C/C=C\C/C=C\C/C=C\CCCCCCCCCCCCCCCCCCCCCCC(=O)NC(CO)C(O)/C=C/CC/C=C/CC/C=C/CCCCCCCCCCCCCCCCC. The lowest BCUT2D eigenvalue weighted by Gasteiger charge is -2.19. The maximum atomic E-state index is 12.5. The molecule has 2 atom stereocenters. The first-order valence-electron chi connectivity index (χ1n) is 30.8. The Hall–Kier alpha value is -2.43. The van der Waals surface area contributed by atoms with Crippen LogP contribution in [-0.4, -0.2) is 34.9 Å². The molecule has 70 heavy (non-hydrogen) atoms. The highest BCUT2D eigenvalue weighted by atomic mass is 16.3. The summed E-state index contributed by atoms with van der Waals surface area (Å²) in [4.78, 5) is 12.5. The molecule has 0 aromatic carbocycles.